The summed E-state index contributed by atoms with van der Waals surface area (Å²) in [5, 5.41) is 14.0. The number of carbonyl (C=O) groups excluding carboxylic acids is 4. The monoisotopic (exact) mass is 641 g/mol. The maximum atomic E-state index is 14.0. The number of nitrogens with one attached hydrogen (secondary N) is 2. The number of ether oxygens (including phenoxy) is 1. The van der Waals surface area contributed by atoms with Crippen molar-refractivity contribution in [2.45, 2.75) is 48.7 Å². The first-order valence-electron chi connectivity index (χ1n) is 13.8. The van der Waals surface area contributed by atoms with Crippen molar-refractivity contribution in [3.63, 3.8) is 0 Å². The highest BCUT2D eigenvalue weighted by Crippen LogP contribution is 2.39. The normalized spacial score (nSPS) is 17.6. The van der Waals surface area contributed by atoms with Gasteiger partial charge in [-0.2, -0.15) is 4.39 Å². The van der Waals surface area contributed by atoms with Crippen LogP contribution >= 0.6 is 11.8 Å². The van der Waals surface area contributed by atoms with Gasteiger partial charge in [0.25, 0.3) is 5.24 Å². The van der Waals surface area contributed by atoms with E-state index in [4.69, 9.17) is 4.74 Å². The minimum atomic E-state index is -1.71. The van der Waals surface area contributed by atoms with Crippen LogP contribution in [-0.4, -0.2) is 58.6 Å². The number of aryl methyl sites for hydroxylation is 1. The van der Waals surface area contributed by atoms with Crippen LogP contribution in [0.3, 0.4) is 0 Å². The van der Waals surface area contributed by atoms with Gasteiger partial charge in [-0.25, -0.2) is 8.78 Å². The number of para-hydroxylation sites is 1. The standard InChI is InChI=1S/C31H26F3N3O7S/c32-19-10-11-20(33)28(26(19)34)44-15-24(38)22(14-25(39)40)35-29(41)23-13-17-6-4-5-16-9-12-21(30(42)37(23)27(16)17)36-31(43)45-18-7-2-1-3-8-18/h1-8,10-11,21-23H,9,12-15H2,(H,35,41)(H,36,43)(H,39,40)/t21-,22?,23-/m0/s1. The van der Waals surface area contributed by atoms with Crippen molar-refractivity contribution >= 4 is 46.3 Å². The fourth-order valence-electron chi connectivity index (χ4n) is 5.31. The molecule has 0 saturated heterocycles. The smallest absolute Gasteiger partial charge is 0.305 e. The summed E-state index contributed by atoms with van der Waals surface area (Å²) in [5.74, 6) is -9.51. The Kier molecular flexibility index (Phi) is 9.42. The van der Waals surface area contributed by atoms with Crippen molar-refractivity contribution < 1.29 is 47.0 Å². The van der Waals surface area contributed by atoms with Gasteiger partial charge >= 0.3 is 5.97 Å². The van der Waals surface area contributed by atoms with Gasteiger partial charge in [0.15, 0.2) is 23.2 Å². The van der Waals surface area contributed by atoms with Gasteiger partial charge in [0.1, 0.15) is 24.7 Å². The number of hydrogen-bond donors (Lipinski definition) is 3. The molecule has 0 fully saturated rings. The molecule has 2 heterocycles. The number of hydrogen-bond acceptors (Lipinski definition) is 7. The van der Waals surface area contributed by atoms with E-state index in [0.717, 1.165) is 17.3 Å². The SMILES string of the molecule is O=C(O)CC(NC(=O)[C@@H]1Cc2cccc3c2N1C(=O)[C@@H](NC(=O)Sc1ccccc1)CC3)C(=O)COc1c(F)ccc(F)c1F. The molecule has 5 rings (SSSR count). The predicted molar refractivity (Wildman–Crippen MR) is 155 cm³/mol. The van der Waals surface area contributed by atoms with Gasteiger partial charge in [-0.1, -0.05) is 36.4 Å². The molecule has 10 nitrogen and oxygen atoms in total. The zero-order valence-corrected chi connectivity index (χ0v) is 24.2. The fraction of sp³-hybridized carbons (Fsp3) is 0.258. The summed E-state index contributed by atoms with van der Waals surface area (Å²) in [4.78, 5) is 66.7. The number of halogens is 3. The van der Waals surface area contributed by atoms with Crippen LogP contribution in [0.4, 0.5) is 23.7 Å². The quantitative estimate of drug-likeness (QED) is 0.224. The number of rotatable bonds is 10. The van der Waals surface area contributed by atoms with E-state index in [0.29, 0.717) is 34.7 Å². The van der Waals surface area contributed by atoms with E-state index in [1.807, 2.05) is 0 Å². The number of carboxylic acids is 1. The largest absolute Gasteiger partial charge is 0.481 e. The highest BCUT2D eigenvalue weighted by molar-refractivity contribution is 8.13. The van der Waals surface area contributed by atoms with Crippen LogP contribution in [0.2, 0.25) is 0 Å². The van der Waals surface area contributed by atoms with Crippen LogP contribution in [0.15, 0.2) is 65.6 Å². The van der Waals surface area contributed by atoms with E-state index < -0.39 is 83.2 Å². The van der Waals surface area contributed by atoms with Crippen molar-refractivity contribution in [1.29, 1.82) is 0 Å². The Hall–Kier alpha value is -4.85. The number of amides is 3. The summed E-state index contributed by atoms with van der Waals surface area (Å²) in [6, 6.07) is 11.4. The molecule has 234 valence electrons. The van der Waals surface area contributed by atoms with Crippen LogP contribution < -0.4 is 20.3 Å². The Morgan fingerprint density at radius 1 is 0.978 bits per heavy atom. The molecule has 2 aliphatic rings. The third kappa shape index (κ3) is 6.95. The number of Topliss-reactive ketones (excluding diaryl/α,β-unsaturated/α-hetero) is 1. The lowest BCUT2D eigenvalue weighted by Gasteiger charge is -2.29. The number of carbonyl (C=O) groups is 5. The number of benzene rings is 3. The average Bonchev–Trinajstić information content (AvgIpc) is 3.35. The summed E-state index contributed by atoms with van der Waals surface area (Å²) < 4.78 is 46.3. The second-order valence-corrected chi connectivity index (χ2v) is 11.4. The molecule has 3 N–H and O–H groups in total. The van der Waals surface area contributed by atoms with Gasteiger partial charge in [-0.15, -0.1) is 0 Å². The first-order valence-corrected chi connectivity index (χ1v) is 14.6. The van der Waals surface area contributed by atoms with Crippen LogP contribution in [0.1, 0.15) is 24.0 Å². The van der Waals surface area contributed by atoms with Crippen molar-refractivity contribution in [3.8, 4) is 5.75 Å². The second-order valence-electron chi connectivity index (χ2n) is 10.4. The molecule has 14 heteroatoms. The Morgan fingerprint density at radius 3 is 2.42 bits per heavy atom. The first-order chi connectivity index (χ1) is 21.5. The topological polar surface area (TPSA) is 142 Å². The van der Waals surface area contributed by atoms with E-state index in [1.54, 1.807) is 48.5 Å². The van der Waals surface area contributed by atoms with Gasteiger partial charge in [-0.05, 0) is 60.0 Å². The molecule has 45 heavy (non-hydrogen) atoms. The van der Waals surface area contributed by atoms with Gasteiger partial charge < -0.3 is 20.5 Å². The van der Waals surface area contributed by atoms with E-state index in [-0.39, 0.29) is 12.8 Å². The Morgan fingerprint density at radius 2 is 1.69 bits per heavy atom. The van der Waals surface area contributed by atoms with Gasteiger partial charge in [0.05, 0.1) is 12.1 Å². The lowest BCUT2D eigenvalue weighted by molar-refractivity contribution is -0.140. The van der Waals surface area contributed by atoms with E-state index in [2.05, 4.69) is 10.6 Å². The molecule has 0 saturated carbocycles. The Bertz CT molecular complexity index is 1670. The number of ketones is 1. The van der Waals surface area contributed by atoms with Crippen LogP contribution in [0, 0.1) is 17.5 Å². The number of anilines is 1. The summed E-state index contributed by atoms with van der Waals surface area (Å²) in [7, 11) is 0. The van der Waals surface area contributed by atoms with E-state index in [1.165, 1.54) is 4.90 Å². The molecule has 0 radical (unpaired) electrons. The highest BCUT2D eigenvalue weighted by Gasteiger charge is 2.44. The summed E-state index contributed by atoms with van der Waals surface area (Å²) >= 11 is 0.909. The number of thioether (sulfide) groups is 1. The molecule has 3 atom stereocenters. The summed E-state index contributed by atoms with van der Waals surface area (Å²) in [5.41, 5.74) is 1.96. The van der Waals surface area contributed by atoms with Crippen molar-refractivity contribution in [2.75, 3.05) is 11.5 Å². The number of carboxylic acid groups (broad SMARTS) is 1. The average molecular weight is 642 g/mol. The molecule has 0 bridgehead atoms. The Balaban J connectivity index is 1.33. The van der Waals surface area contributed by atoms with Crippen LogP contribution in [0.25, 0.3) is 0 Å². The molecule has 3 aromatic carbocycles. The third-order valence-corrected chi connectivity index (χ3v) is 8.21. The first kappa shape index (κ1) is 31.6. The van der Waals surface area contributed by atoms with E-state index in [9.17, 15) is 42.3 Å². The van der Waals surface area contributed by atoms with E-state index >= 15 is 0 Å². The zero-order valence-electron chi connectivity index (χ0n) is 23.4. The molecule has 3 amide bonds. The minimum Gasteiger partial charge on any atom is -0.481 e. The molecule has 0 aromatic heterocycles. The maximum absolute atomic E-state index is 14.0. The molecule has 2 aliphatic heterocycles. The lowest BCUT2D eigenvalue weighted by Crippen LogP contribution is -2.56. The number of nitrogens with zero attached hydrogens (tertiary/aromatic N) is 1. The predicted octanol–water partition coefficient (Wildman–Crippen LogP) is 3.79. The molecule has 1 unspecified atom stereocenters. The van der Waals surface area contributed by atoms with Crippen molar-refractivity contribution in [2.24, 2.45) is 0 Å². The third-order valence-electron chi connectivity index (χ3n) is 7.40. The second kappa shape index (κ2) is 13.4. The van der Waals surface area contributed by atoms with Crippen molar-refractivity contribution in [3.05, 3.63) is 89.2 Å². The molecular formula is C31H26F3N3O7S. The zero-order chi connectivity index (χ0) is 32.2. The van der Waals surface area contributed by atoms with Crippen LogP contribution in [0.5, 0.6) is 5.75 Å². The molecule has 0 spiro atoms. The molecule has 0 aliphatic carbocycles. The lowest BCUT2D eigenvalue weighted by atomic mass is 10.0. The van der Waals surface area contributed by atoms with Gasteiger partial charge in [-0.3, -0.25) is 28.9 Å². The van der Waals surface area contributed by atoms with Crippen molar-refractivity contribution in [1.82, 2.24) is 10.6 Å². The molecule has 3 aromatic rings. The minimum absolute atomic E-state index is 0.0460. The highest BCUT2D eigenvalue weighted by atomic mass is 32.2. The molecular weight excluding hydrogens is 615 g/mol. The summed E-state index contributed by atoms with van der Waals surface area (Å²) in [6.45, 7) is -1.08. The number of aliphatic carboxylic acids is 1. The Labute approximate surface area is 258 Å². The van der Waals surface area contributed by atoms with Gasteiger partial charge in [0, 0.05) is 11.3 Å². The fourth-order valence-corrected chi connectivity index (χ4v) is 6.02. The van der Waals surface area contributed by atoms with Crippen LogP contribution in [-0.2, 0) is 32.0 Å². The summed E-state index contributed by atoms with van der Waals surface area (Å²) in [6.07, 6.45) is -0.183. The maximum Gasteiger partial charge on any atom is 0.305 e. The van der Waals surface area contributed by atoms with Gasteiger partial charge in [0.2, 0.25) is 17.6 Å².